The van der Waals surface area contributed by atoms with Gasteiger partial charge in [-0.1, -0.05) is 0 Å². The molecule has 20 heavy (non-hydrogen) atoms. The van der Waals surface area contributed by atoms with Crippen molar-refractivity contribution in [2.45, 2.75) is 70.7 Å². The van der Waals surface area contributed by atoms with E-state index in [2.05, 4.69) is 12.2 Å². The van der Waals surface area contributed by atoms with Crippen LogP contribution in [-0.4, -0.2) is 54.5 Å². The quantitative estimate of drug-likeness (QED) is 0.844. The summed E-state index contributed by atoms with van der Waals surface area (Å²) < 4.78 is 10.9. The maximum Gasteiger partial charge on any atom is 0.410 e. The van der Waals surface area contributed by atoms with E-state index in [9.17, 15) is 4.79 Å². The normalized spacial score (nSPS) is 31.4. The second-order valence-corrected chi connectivity index (χ2v) is 6.89. The lowest BCUT2D eigenvalue weighted by Gasteiger charge is -2.41. The number of piperidine rings is 1. The fraction of sp³-hybridized carbons (Fsp3) is 0.933. The number of carbonyl (C=O) groups is 1. The fourth-order valence-electron chi connectivity index (χ4n) is 2.91. The number of likely N-dealkylation sites (tertiary alicyclic amines) is 1. The van der Waals surface area contributed by atoms with Crippen molar-refractivity contribution in [2.75, 3.05) is 19.8 Å². The lowest BCUT2D eigenvalue weighted by Crippen LogP contribution is -2.57. The summed E-state index contributed by atoms with van der Waals surface area (Å²) in [7, 11) is 0. The molecule has 5 heteroatoms. The van der Waals surface area contributed by atoms with Crippen LogP contribution in [-0.2, 0) is 9.47 Å². The van der Waals surface area contributed by atoms with Gasteiger partial charge in [-0.2, -0.15) is 0 Å². The Morgan fingerprint density at radius 1 is 1.35 bits per heavy atom. The van der Waals surface area contributed by atoms with E-state index in [0.717, 1.165) is 39.0 Å². The van der Waals surface area contributed by atoms with E-state index >= 15 is 0 Å². The van der Waals surface area contributed by atoms with Crippen LogP contribution in [0, 0.1) is 0 Å². The van der Waals surface area contributed by atoms with Gasteiger partial charge in [0.15, 0.2) is 0 Å². The van der Waals surface area contributed by atoms with E-state index < -0.39 is 5.60 Å². The Kier molecular flexibility index (Phi) is 4.91. The molecule has 0 aromatic carbocycles. The van der Waals surface area contributed by atoms with E-state index in [1.807, 2.05) is 25.7 Å². The van der Waals surface area contributed by atoms with Crippen molar-refractivity contribution in [2.24, 2.45) is 0 Å². The average Bonchev–Trinajstić information content (AvgIpc) is 2.82. The van der Waals surface area contributed by atoms with Gasteiger partial charge in [-0.15, -0.1) is 0 Å². The Bertz CT molecular complexity index is 335. The summed E-state index contributed by atoms with van der Waals surface area (Å²) in [5.41, 5.74) is -0.434. The number of carbonyl (C=O) groups excluding carboxylic acids is 1. The van der Waals surface area contributed by atoms with Crippen molar-refractivity contribution in [3.8, 4) is 0 Å². The van der Waals surface area contributed by atoms with Crippen LogP contribution in [0.1, 0.15) is 47.0 Å². The van der Waals surface area contributed by atoms with Crippen molar-refractivity contribution in [1.82, 2.24) is 10.2 Å². The zero-order chi connectivity index (χ0) is 14.8. The highest BCUT2D eigenvalue weighted by Gasteiger charge is 2.35. The van der Waals surface area contributed by atoms with Gasteiger partial charge in [0.2, 0.25) is 0 Å². The second-order valence-electron chi connectivity index (χ2n) is 6.89. The number of ether oxygens (including phenoxy) is 2. The highest BCUT2D eigenvalue weighted by molar-refractivity contribution is 5.68. The standard InChI is InChI=1S/C15H28N2O3/c1-11-13(16-12-7-9-19-10-12)6-5-8-17(11)14(18)20-15(2,3)4/h11-13,16H,5-10H2,1-4H3. The highest BCUT2D eigenvalue weighted by atomic mass is 16.6. The van der Waals surface area contributed by atoms with Crippen LogP contribution in [0.2, 0.25) is 0 Å². The molecule has 5 nitrogen and oxygen atoms in total. The first kappa shape index (κ1) is 15.6. The summed E-state index contributed by atoms with van der Waals surface area (Å²) in [5, 5.41) is 3.64. The van der Waals surface area contributed by atoms with Crippen LogP contribution in [0.4, 0.5) is 4.79 Å². The van der Waals surface area contributed by atoms with E-state index in [1.165, 1.54) is 0 Å². The van der Waals surface area contributed by atoms with Gasteiger partial charge in [-0.3, -0.25) is 0 Å². The summed E-state index contributed by atoms with van der Waals surface area (Å²) in [4.78, 5) is 14.1. The molecule has 0 aromatic rings. The van der Waals surface area contributed by atoms with Crippen LogP contribution in [0.5, 0.6) is 0 Å². The molecule has 3 atom stereocenters. The average molecular weight is 284 g/mol. The molecule has 2 rings (SSSR count). The third-order valence-corrected chi connectivity index (χ3v) is 4.00. The van der Waals surface area contributed by atoms with Crippen molar-refractivity contribution < 1.29 is 14.3 Å². The van der Waals surface area contributed by atoms with Crippen LogP contribution < -0.4 is 5.32 Å². The van der Waals surface area contributed by atoms with Crippen LogP contribution in [0.25, 0.3) is 0 Å². The third kappa shape index (κ3) is 4.09. The first-order valence-corrected chi connectivity index (χ1v) is 7.70. The summed E-state index contributed by atoms with van der Waals surface area (Å²) >= 11 is 0. The van der Waals surface area contributed by atoms with Crippen LogP contribution >= 0.6 is 0 Å². The second kappa shape index (κ2) is 6.31. The molecule has 116 valence electrons. The van der Waals surface area contributed by atoms with Crippen LogP contribution in [0.15, 0.2) is 0 Å². The maximum atomic E-state index is 12.3. The topological polar surface area (TPSA) is 50.8 Å². The number of hydrogen-bond acceptors (Lipinski definition) is 4. The number of rotatable bonds is 2. The van der Waals surface area contributed by atoms with Crippen molar-refractivity contribution in [1.29, 1.82) is 0 Å². The largest absolute Gasteiger partial charge is 0.444 e. The minimum Gasteiger partial charge on any atom is -0.444 e. The van der Waals surface area contributed by atoms with E-state index in [1.54, 1.807) is 0 Å². The van der Waals surface area contributed by atoms with Crippen molar-refractivity contribution in [3.63, 3.8) is 0 Å². The molecule has 2 fully saturated rings. The highest BCUT2D eigenvalue weighted by Crippen LogP contribution is 2.22. The minimum atomic E-state index is -0.434. The van der Waals surface area contributed by atoms with Crippen LogP contribution in [0.3, 0.4) is 0 Å². The fourth-order valence-corrected chi connectivity index (χ4v) is 2.91. The van der Waals surface area contributed by atoms with E-state index in [-0.39, 0.29) is 12.1 Å². The van der Waals surface area contributed by atoms with Gasteiger partial charge >= 0.3 is 6.09 Å². The zero-order valence-electron chi connectivity index (χ0n) is 13.1. The molecule has 0 saturated carbocycles. The zero-order valence-corrected chi connectivity index (χ0v) is 13.1. The molecule has 2 aliphatic rings. The molecular formula is C15H28N2O3. The van der Waals surface area contributed by atoms with Gasteiger partial charge in [0, 0.05) is 31.3 Å². The van der Waals surface area contributed by atoms with Crippen molar-refractivity contribution in [3.05, 3.63) is 0 Å². The Labute approximate surface area is 122 Å². The monoisotopic (exact) mass is 284 g/mol. The molecule has 2 aliphatic heterocycles. The Balaban J connectivity index is 1.91. The lowest BCUT2D eigenvalue weighted by molar-refractivity contribution is 0.00625. The molecule has 0 bridgehead atoms. The molecule has 0 spiro atoms. The predicted octanol–water partition coefficient (Wildman–Crippen LogP) is 2.15. The summed E-state index contributed by atoms with van der Waals surface area (Å²) in [5.74, 6) is 0. The molecule has 0 aliphatic carbocycles. The summed E-state index contributed by atoms with van der Waals surface area (Å²) in [6.45, 7) is 10.2. The first-order valence-electron chi connectivity index (χ1n) is 7.70. The number of nitrogens with one attached hydrogen (secondary N) is 1. The molecule has 0 aromatic heterocycles. The van der Waals surface area contributed by atoms with Gasteiger partial charge in [0.25, 0.3) is 0 Å². The third-order valence-electron chi connectivity index (χ3n) is 4.00. The Morgan fingerprint density at radius 3 is 2.70 bits per heavy atom. The smallest absolute Gasteiger partial charge is 0.410 e. The lowest BCUT2D eigenvalue weighted by atomic mass is 9.97. The molecule has 3 unspecified atom stereocenters. The summed E-state index contributed by atoms with van der Waals surface area (Å²) in [6, 6.07) is 0.934. The number of nitrogens with zero attached hydrogens (tertiary/aromatic N) is 1. The maximum absolute atomic E-state index is 12.3. The molecule has 0 radical (unpaired) electrons. The first-order chi connectivity index (χ1) is 9.37. The molecular weight excluding hydrogens is 256 g/mol. The minimum absolute atomic E-state index is 0.166. The van der Waals surface area contributed by atoms with Crippen molar-refractivity contribution >= 4 is 6.09 Å². The SMILES string of the molecule is CC1C(NC2CCOC2)CCCN1C(=O)OC(C)(C)C. The predicted molar refractivity (Wildman–Crippen MR) is 77.8 cm³/mol. The van der Waals surface area contributed by atoms with E-state index in [4.69, 9.17) is 9.47 Å². The van der Waals surface area contributed by atoms with Gasteiger partial charge in [0.05, 0.1) is 6.61 Å². The number of amides is 1. The molecule has 1 N–H and O–H groups in total. The van der Waals surface area contributed by atoms with Gasteiger partial charge < -0.3 is 19.7 Å². The van der Waals surface area contributed by atoms with Gasteiger partial charge in [-0.25, -0.2) is 4.79 Å². The Hall–Kier alpha value is -0.810. The Morgan fingerprint density at radius 2 is 2.10 bits per heavy atom. The number of hydrogen-bond donors (Lipinski definition) is 1. The molecule has 2 saturated heterocycles. The molecule has 1 amide bonds. The van der Waals surface area contributed by atoms with E-state index in [0.29, 0.717) is 12.1 Å². The summed E-state index contributed by atoms with van der Waals surface area (Å²) in [6.07, 6.45) is 3.00. The molecule has 2 heterocycles. The van der Waals surface area contributed by atoms with Gasteiger partial charge in [0.1, 0.15) is 5.60 Å². The van der Waals surface area contributed by atoms with Gasteiger partial charge in [-0.05, 0) is 47.0 Å².